The smallest absolute Gasteiger partial charge is 0.295 e. The highest BCUT2D eigenvalue weighted by Crippen LogP contribution is 2.37. The second-order valence-corrected chi connectivity index (χ2v) is 11.2. The number of phenolic OH excluding ortho intramolecular Hbond substituents is 2. The van der Waals surface area contributed by atoms with E-state index in [-0.39, 0.29) is 43.1 Å². The summed E-state index contributed by atoms with van der Waals surface area (Å²) < 4.78 is 66.7. The van der Waals surface area contributed by atoms with Gasteiger partial charge >= 0.3 is 0 Å². The molecule has 11 nitrogen and oxygen atoms in total. The van der Waals surface area contributed by atoms with E-state index in [0.29, 0.717) is 23.0 Å². The topological polar surface area (TPSA) is 180 Å². The molecule has 0 saturated carbocycles. The molecule has 0 heterocycles. The third-order valence-corrected chi connectivity index (χ3v) is 8.18. The van der Waals surface area contributed by atoms with Crippen molar-refractivity contribution in [2.45, 2.75) is 21.6 Å². The average molecular weight is 540 g/mol. The fourth-order valence-electron chi connectivity index (χ4n) is 3.62. The molecular weight excluding hydrogens is 522 g/mol. The maximum Gasteiger partial charge on any atom is 0.295 e. The van der Waals surface area contributed by atoms with Gasteiger partial charge in [-0.2, -0.15) is 8.42 Å². The molecule has 0 radical (unpaired) electrons. The summed E-state index contributed by atoms with van der Waals surface area (Å²) in [5.41, 5.74) is 0.246. The molecule has 4 rings (SSSR count). The Morgan fingerprint density at radius 2 is 1.60 bits per heavy atom. The lowest BCUT2D eigenvalue weighted by atomic mass is 10.0. The van der Waals surface area contributed by atoms with Crippen LogP contribution in [-0.2, 0) is 29.5 Å². The normalized spacial score (nSPS) is 12.3. The van der Waals surface area contributed by atoms with E-state index in [1.165, 1.54) is 42.5 Å². The zero-order valence-corrected chi connectivity index (χ0v) is 20.1. The number of phenols is 2. The predicted molar refractivity (Wildman–Crippen MR) is 127 cm³/mol. The number of aromatic hydroxyl groups is 2. The van der Waals surface area contributed by atoms with Gasteiger partial charge in [0.1, 0.15) is 16.4 Å². The number of hydrogen-bond acceptors (Lipinski definition) is 10. The van der Waals surface area contributed by atoms with Crippen LogP contribution in [0, 0.1) is 6.92 Å². The largest absolute Gasteiger partial charge is 0.508 e. The molecule has 0 amide bonds. The van der Waals surface area contributed by atoms with Crippen LogP contribution < -0.4 is 4.72 Å². The van der Waals surface area contributed by atoms with Crippen molar-refractivity contribution < 1.29 is 46.2 Å². The van der Waals surface area contributed by atoms with Gasteiger partial charge in [-0.1, -0.05) is 23.2 Å². The Kier molecular flexibility index (Phi) is 6.54. The van der Waals surface area contributed by atoms with Crippen LogP contribution in [0.4, 0.5) is 5.69 Å². The maximum absolute atomic E-state index is 13.1. The molecule has 0 aliphatic rings. The van der Waals surface area contributed by atoms with Gasteiger partial charge in [0.05, 0.1) is 22.6 Å². The minimum atomic E-state index is -4.77. The fraction of sp³-hybridized carbons (Fsp3) is 0.0476. The first-order chi connectivity index (χ1) is 16.4. The van der Waals surface area contributed by atoms with E-state index in [4.69, 9.17) is 5.26 Å². The summed E-state index contributed by atoms with van der Waals surface area (Å²) >= 11 is 0.524. The van der Waals surface area contributed by atoms with Crippen LogP contribution in [0.25, 0.3) is 21.5 Å². The lowest BCUT2D eigenvalue weighted by Gasteiger charge is -2.14. The van der Waals surface area contributed by atoms with Gasteiger partial charge in [0.25, 0.3) is 20.1 Å². The number of benzene rings is 4. The summed E-state index contributed by atoms with van der Waals surface area (Å²) in [5, 5.41) is 32.9. The molecule has 0 aromatic heterocycles. The first kappa shape index (κ1) is 25.0. The molecule has 0 atom stereocenters. The van der Waals surface area contributed by atoms with Gasteiger partial charge in [0, 0.05) is 27.1 Å². The Bertz CT molecular complexity index is 1690. The van der Waals surface area contributed by atoms with Crippen molar-refractivity contribution in [2.24, 2.45) is 0 Å². The van der Waals surface area contributed by atoms with Gasteiger partial charge in [0.2, 0.25) is 0 Å². The highest BCUT2D eigenvalue weighted by Gasteiger charge is 2.22. The SMILES string of the molecule is Cc1c(O)cc(O)c2cc(S(=O)(=O)Nc3cc(S(=O)(=O)O)c4cccc(SOOO)c4c3)ccc12. The Morgan fingerprint density at radius 3 is 2.29 bits per heavy atom. The van der Waals surface area contributed by atoms with E-state index in [2.05, 4.69) is 14.1 Å². The third kappa shape index (κ3) is 4.85. The molecule has 0 aliphatic carbocycles. The van der Waals surface area contributed by atoms with E-state index >= 15 is 0 Å². The quantitative estimate of drug-likeness (QED) is 0.0983. The average Bonchev–Trinajstić information content (AvgIpc) is 2.79. The lowest BCUT2D eigenvalue weighted by molar-refractivity contribution is -0.432. The molecular formula is C21H17NO10S3. The van der Waals surface area contributed by atoms with Crippen molar-refractivity contribution >= 4 is 59.4 Å². The molecule has 0 spiro atoms. The third-order valence-electron chi connectivity index (χ3n) is 5.24. The van der Waals surface area contributed by atoms with Crippen molar-refractivity contribution in [3.8, 4) is 11.5 Å². The summed E-state index contributed by atoms with van der Waals surface area (Å²) in [6.45, 7) is 1.61. The number of sulfonamides is 1. The van der Waals surface area contributed by atoms with Gasteiger partial charge in [-0.3, -0.25) is 9.27 Å². The Morgan fingerprint density at radius 1 is 0.857 bits per heavy atom. The number of fused-ring (bicyclic) bond motifs is 2. The van der Waals surface area contributed by atoms with Crippen LogP contribution in [0.2, 0.25) is 0 Å². The molecule has 5 N–H and O–H groups in total. The van der Waals surface area contributed by atoms with Crippen LogP contribution in [0.3, 0.4) is 0 Å². The highest BCUT2D eigenvalue weighted by atomic mass is 32.2. The molecule has 35 heavy (non-hydrogen) atoms. The number of anilines is 1. The van der Waals surface area contributed by atoms with Crippen molar-refractivity contribution in [2.75, 3.05) is 4.72 Å². The highest BCUT2D eigenvalue weighted by molar-refractivity contribution is 7.94. The summed E-state index contributed by atoms with van der Waals surface area (Å²) in [7, 11) is -9.08. The van der Waals surface area contributed by atoms with Crippen molar-refractivity contribution in [3.05, 3.63) is 60.2 Å². The Labute approximate surface area is 203 Å². The predicted octanol–water partition coefficient (Wildman–Crippen LogP) is 4.19. The molecule has 4 aromatic carbocycles. The molecule has 4 aromatic rings. The monoisotopic (exact) mass is 539 g/mol. The van der Waals surface area contributed by atoms with Gasteiger partial charge < -0.3 is 10.2 Å². The second-order valence-electron chi connectivity index (χ2n) is 7.38. The van der Waals surface area contributed by atoms with Gasteiger partial charge in [-0.05, 0) is 48.2 Å². The minimum Gasteiger partial charge on any atom is -0.508 e. The van der Waals surface area contributed by atoms with Crippen molar-refractivity contribution in [1.29, 1.82) is 0 Å². The maximum atomic E-state index is 13.1. The standard InChI is InChI=1S/C21H17NO10S3/c1-11-14-6-5-13(9-16(14)19(24)10-18(11)23)34(26,27)22-12-7-17-15(21(8-12)35(28,29)30)3-2-4-20(17)33-32-31-25/h2-10,22-25H,1H3,(H,28,29,30). The fourth-order valence-corrected chi connectivity index (χ4v) is 5.91. The number of hydrogen-bond donors (Lipinski definition) is 5. The van der Waals surface area contributed by atoms with Crippen molar-refractivity contribution in [3.63, 3.8) is 0 Å². The van der Waals surface area contributed by atoms with Crippen LogP contribution in [0.5, 0.6) is 11.5 Å². The van der Waals surface area contributed by atoms with E-state index in [0.717, 1.165) is 12.1 Å². The minimum absolute atomic E-state index is 0.0629. The molecule has 184 valence electrons. The zero-order valence-electron chi connectivity index (χ0n) is 17.7. The molecule has 14 heteroatoms. The Hall–Kier alpha value is -3.11. The van der Waals surface area contributed by atoms with Crippen LogP contribution in [-0.4, -0.2) is 36.9 Å². The van der Waals surface area contributed by atoms with Gasteiger partial charge in [-0.25, -0.2) is 13.7 Å². The zero-order chi connectivity index (χ0) is 25.5. The van der Waals surface area contributed by atoms with Crippen LogP contribution in [0.15, 0.2) is 69.3 Å². The summed E-state index contributed by atoms with van der Waals surface area (Å²) in [5.74, 6) is -0.478. The van der Waals surface area contributed by atoms with Gasteiger partial charge in [0.15, 0.2) is 0 Å². The first-order valence-electron chi connectivity index (χ1n) is 9.59. The summed E-state index contributed by atoms with van der Waals surface area (Å²) in [6, 6.07) is 11.6. The van der Waals surface area contributed by atoms with Crippen molar-refractivity contribution in [1.82, 2.24) is 0 Å². The van der Waals surface area contributed by atoms with E-state index in [9.17, 15) is 31.6 Å². The number of aryl methyl sites for hydroxylation is 1. The van der Waals surface area contributed by atoms with Crippen LogP contribution >= 0.6 is 12.0 Å². The molecule has 0 unspecified atom stereocenters. The second kappa shape index (κ2) is 9.16. The molecule has 0 saturated heterocycles. The molecule has 0 aliphatic heterocycles. The number of rotatable bonds is 7. The molecule has 0 bridgehead atoms. The van der Waals surface area contributed by atoms with E-state index < -0.39 is 25.0 Å². The summed E-state index contributed by atoms with van der Waals surface area (Å²) in [4.78, 5) is -0.575. The first-order valence-corrected chi connectivity index (χ1v) is 13.3. The Balaban J connectivity index is 1.85. The van der Waals surface area contributed by atoms with E-state index in [1.54, 1.807) is 6.92 Å². The van der Waals surface area contributed by atoms with Gasteiger partial charge in [-0.15, -0.1) is 4.33 Å². The number of nitrogens with one attached hydrogen (secondary N) is 1. The lowest BCUT2D eigenvalue weighted by Crippen LogP contribution is -2.13. The summed E-state index contributed by atoms with van der Waals surface area (Å²) in [6.07, 6.45) is 0. The molecule has 0 fully saturated rings. The van der Waals surface area contributed by atoms with E-state index in [1.807, 2.05) is 0 Å². The van der Waals surface area contributed by atoms with Crippen LogP contribution in [0.1, 0.15) is 5.56 Å².